The highest BCUT2D eigenvalue weighted by Crippen LogP contribution is 2.20. The largest absolute Gasteiger partial charge is 0.315 e. The van der Waals surface area contributed by atoms with Crippen molar-refractivity contribution in [1.29, 1.82) is 0 Å². The number of nitrogens with one attached hydrogen (secondary N) is 1. The minimum atomic E-state index is -3.00. The molecule has 0 aromatic heterocycles. The summed E-state index contributed by atoms with van der Waals surface area (Å²) in [7, 11) is -3.00. The summed E-state index contributed by atoms with van der Waals surface area (Å²) in [6.07, 6.45) is 2.50. The molecule has 2 aliphatic heterocycles. The van der Waals surface area contributed by atoms with Crippen LogP contribution >= 0.6 is 0 Å². The third-order valence-electron chi connectivity index (χ3n) is 4.04. The average Bonchev–Trinajstić information content (AvgIpc) is 2.76. The number of hydrogen-bond donors (Lipinski definition) is 1. The highest BCUT2D eigenvalue weighted by molar-refractivity contribution is 7.88. The van der Waals surface area contributed by atoms with Crippen molar-refractivity contribution in [2.75, 3.05) is 45.5 Å². The quantitative estimate of drug-likeness (QED) is 0.748. The standard InChI is InChI=1S/C11H23N3O2S/c1-3-10-8-12-9-11(10)13-4-6-14(7-5-13)17(2,15)16/h10-12H,3-9H2,1-2H3. The van der Waals surface area contributed by atoms with Crippen LogP contribution in [0.5, 0.6) is 0 Å². The van der Waals surface area contributed by atoms with E-state index in [1.807, 2.05) is 0 Å². The summed E-state index contributed by atoms with van der Waals surface area (Å²) < 4.78 is 24.4. The normalized spacial score (nSPS) is 33.1. The predicted molar refractivity (Wildman–Crippen MR) is 68.4 cm³/mol. The Morgan fingerprint density at radius 3 is 2.35 bits per heavy atom. The van der Waals surface area contributed by atoms with Gasteiger partial charge in [0.1, 0.15) is 0 Å². The second-order valence-electron chi connectivity index (χ2n) is 5.09. The van der Waals surface area contributed by atoms with Crippen molar-refractivity contribution in [2.45, 2.75) is 19.4 Å². The molecule has 2 saturated heterocycles. The van der Waals surface area contributed by atoms with E-state index in [1.165, 1.54) is 12.7 Å². The van der Waals surface area contributed by atoms with Gasteiger partial charge in [0.2, 0.25) is 10.0 Å². The lowest BCUT2D eigenvalue weighted by atomic mass is 9.99. The average molecular weight is 261 g/mol. The lowest BCUT2D eigenvalue weighted by Crippen LogP contribution is -2.53. The molecule has 2 fully saturated rings. The molecule has 0 aromatic carbocycles. The van der Waals surface area contributed by atoms with E-state index in [4.69, 9.17) is 0 Å². The van der Waals surface area contributed by atoms with Gasteiger partial charge < -0.3 is 5.32 Å². The van der Waals surface area contributed by atoms with Crippen LogP contribution in [-0.2, 0) is 10.0 Å². The number of rotatable bonds is 3. The first kappa shape index (κ1) is 13.3. The van der Waals surface area contributed by atoms with Gasteiger partial charge in [-0.2, -0.15) is 4.31 Å². The molecule has 0 saturated carbocycles. The molecule has 2 rings (SSSR count). The second kappa shape index (κ2) is 5.22. The van der Waals surface area contributed by atoms with Crippen molar-refractivity contribution in [3.8, 4) is 0 Å². The maximum absolute atomic E-state index is 11.4. The maximum atomic E-state index is 11.4. The fourth-order valence-electron chi connectivity index (χ4n) is 2.93. The number of piperazine rings is 1. The molecule has 0 amide bonds. The van der Waals surface area contributed by atoms with Crippen molar-refractivity contribution in [1.82, 2.24) is 14.5 Å². The highest BCUT2D eigenvalue weighted by Gasteiger charge is 2.33. The van der Waals surface area contributed by atoms with E-state index >= 15 is 0 Å². The first-order valence-electron chi connectivity index (χ1n) is 6.42. The van der Waals surface area contributed by atoms with Crippen LogP contribution in [0.15, 0.2) is 0 Å². The molecule has 2 atom stereocenters. The van der Waals surface area contributed by atoms with Gasteiger partial charge in [0.25, 0.3) is 0 Å². The van der Waals surface area contributed by atoms with E-state index in [9.17, 15) is 8.42 Å². The number of hydrogen-bond acceptors (Lipinski definition) is 4. The summed E-state index contributed by atoms with van der Waals surface area (Å²) in [6, 6.07) is 0.599. The molecule has 2 heterocycles. The molecule has 6 heteroatoms. The van der Waals surface area contributed by atoms with Crippen molar-refractivity contribution < 1.29 is 8.42 Å². The van der Waals surface area contributed by atoms with Crippen LogP contribution < -0.4 is 5.32 Å². The zero-order valence-corrected chi connectivity index (χ0v) is 11.5. The third kappa shape index (κ3) is 2.99. The van der Waals surface area contributed by atoms with Crippen LogP contribution in [0.2, 0.25) is 0 Å². The van der Waals surface area contributed by atoms with Crippen LogP contribution in [0.3, 0.4) is 0 Å². The SMILES string of the molecule is CCC1CNCC1N1CCN(S(C)(=O)=O)CC1. The zero-order valence-electron chi connectivity index (χ0n) is 10.7. The van der Waals surface area contributed by atoms with Gasteiger partial charge >= 0.3 is 0 Å². The summed E-state index contributed by atoms with van der Waals surface area (Å²) in [5.41, 5.74) is 0. The highest BCUT2D eigenvalue weighted by atomic mass is 32.2. The Labute approximate surface area is 104 Å². The molecule has 0 aromatic rings. The Hall–Kier alpha value is -0.170. The van der Waals surface area contributed by atoms with Crippen LogP contribution in [-0.4, -0.2) is 69.2 Å². The van der Waals surface area contributed by atoms with Gasteiger partial charge in [0.05, 0.1) is 6.26 Å². The second-order valence-corrected chi connectivity index (χ2v) is 7.07. The van der Waals surface area contributed by atoms with Gasteiger partial charge in [-0.25, -0.2) is 8.42 Å². The molecule has 0 bridgehead atoms. The van der Waals surface area contributed by atoms with Gasteiger partial charge in [-0.1, -0.05) is 13.3 Å². The molecule has 0 aliphatic carbocycles. The maximum Gasteiger partial charge on any atom is 0.211 e. The van der Waals surface area contributed by atoms with Crippen LogP contribution in [0.25, 0.3) is 0 Å². The van der Waals surface area contributed by atoms with Crippen molar-refractivity contribution in [3.05, 3.63) is 0 Å². The molecule has 0 radical (unpaired) electrons. The molecule has 2 aliphatic rings. The predicted octanol–water partition coefficient (Wildman–Crippen LogP) is -0.438. The monoisotopic (exact) mass is 261 g/mol. The molecule has 0 spiro atoms. The summed E-state index contributed by atoms with van der Waals surface area (Å²) in [6.45, 7) is 7.42. The van der Waals surface area contributed by atoms with Crippen LogP contribution in [0, 0.1) is 5.92 Å². The van der Waals surface area contributed by atoms with E-state index < -0.39 is 10.0 Å². The van der Waals surface area contributed by atoms with Crippen molar-refractivity contribution in [3.63, 3.8) is 0 Å². The van der Waals surface area contributed by atoms with Gasteiger partial charge in [0, 0.05) is 38.8 Å². The minimum Gasteiger partial charge on any atom is -0.315 e. The Morgan fingerprint density at radius 1 is 1.18 bits per heavy atom. The molecular formula is C11H23N3O2S. The van der Waals surface area contributed by atoms with E-state index in [0.29, 0.717) is 19.1 Å². The van der Waals surface area contributed by atoms with E-state index in [1.54, 1.807) is 4.31 Å². The summed E-state index contributed by atoms with van der Waals surface area (Å²) in [5.74, 6) is 0.722. The van der Waals surface area contributed by atoms with Crippen LogP contribution in [0.1, 0.15) is 13.3 Å². The first-order chi connectivity index (χ1) is 8.02. The van der Waals surface area contributed by atoms with Gasteiger partial charge in [-0.15, -0.1) is 0 Å². The summed E-state index contributed by atoms with van der Waals surface area (Å²) >= 11 is 0. The molecule has 100 valence electrons. The number of sulfonamides is 1. The summed E-state index contributed by atoms with van der Waals surface area (Å²) in [5, 5.41) is 3.44. The Kier molecular flexibility index (Phi) is 4.07. The Morgan fingerprint density at radius 2 is 1.82 bits per heavy atom. The lowest BCUT2D eigenvalue weighted by molar-refractivity contribution is 0.120. The minimum absolute atomic E-state index is 0.599. The van der Waals surface area contributed by atoms with Crippen molar-refractivity contribution in [2.24, 2.45) is 5.92 Å². The molecule has 17 heavy (non-hydrogen) atoms. The lowest BCUT2D eigenvalue weighted by Gasteiger charge is -2.38. The van der Waals surface area contributed by atoms with E-state index in [-0.39, 0.29) is 0 Å². The molecule has 2 unspecified atom stereocenters. The Balaban J connectivity index is 1.91. The van der Waals surface area contributed by atoms with E-state index in [2.05, 4.69) is 17.1 Å². The number of nitrogens with zero attached hydrogens (tertiary/aromatic N) is 2. The van der Waals surface area contributed by atoms with Crippen molar-refractivity contribution >= 4 is 10.0 Å². The molecule has 5 nitrogen and oxygen atoms in total. The Bertz CT molecular complexity index is 350. The topological polar surface area (TPSA) is 52.6 Å². The van der Waals surface area contributed by atoms with Gasteiger partial charge in [-0.3, -0.25) is 4.90 Å². The summed E-state index contributed by atoms with van der Waals surface area (Å²) in [4.78, 5) is 2.45. The fourth-order valence-corrected chi connectivity index (χ4v) is 3.76. The third-order valence-corrected chi connectivity index (χ3v) is 5.34. The smallest absolute Gasteiger partial charge is 0.211 e. The zero-order chi connectivity index (χ0) is 12.5. The van der Waals surface area contributed by atoms with E-state index in [0.717, 1.165) is 32.1 Å². The molecular weight excluding hydrogens is 238 g/mol. The van der Waals surface area contributed by atoms with Gasteiger partial charge in [-0.05, 0) is 12.5 Å². The molecule has 1 N–H and O–H groups in total. The first-order valence-corrected chi connectivity index (χ1v) is 8.27. The van der Waals surface area contributed by atoms with Crippen LogP contribution in [0.4, 0.5) is 0 Å². The fraction of sp³-hybridized carbons (Fsp3) is 1.00. The van der Waals surface area contributed by atoms with Gasteiger partial charge in [0.15, 0.2) is 0 Å².